The van der Waals surface area contributed by atoms with Crippen LogP contribution in [0.1, 0.15) is 45.8 Å². The number of aromatic nitrogens is 3. The Hall–Kier alpha value is -2.65. The van der Waals surface area contributed by atoms with Gasteiger partial charge in [-0.3, -0.25) is 9.59 Å². The molecule has 0 bridgehead atoms. The fourth-order valence-electron chi connectivity index (χ4n) is 3.29. The number of hydrogen-bond acceptors (Lipinski definition) is 5. The molecule has 0 aliphatic heterocycles. The van der Waals surface area contributed by atoms with Crippen LogP contribution in [0.4, 0.5) is 5.69 Å². The minimum Gasteiger partial charge on any atom is -0.342 e. The molecule has 3 aromatic rings. The Bertz CT molecular complexity index is 1120. The van der Waals surface area contributed by atoms with Gasteiger partial charge in [-0.15, -0.1) is 10.2 Å². The van der Waals surface area contributed by atoms with Gasteiger partial charge in [0.2, 0.25) is 5.91 Å². The topological polar surface area (TPSA) is 88.9 Å². The second-order valence-electron chi connectivity index (χ2n) is 7.71. The van der Waals surface area contributed by atoms with Crippen LogP contribution < -0.4 is 10.6 Å². The van der Waals surface area contributed by atoms with Crippen LogP contribution in [0.3, 0.4) is 0 Å². The summed E-state index contributed by atoms with van der Waals surface area (Å²) in [7, 11) is 1.83. The van der Waals surface area contributed by atoms with E-state index in [1.165, 1.54) is 11.8 Å². The van der Waals surface area contributed by atoms with E-state index in [1.807, 2.05) is 59.0 Å². The van der Waals surface area contributed by atoms with Crippen molar-refractivity contribution in [1.29, 1.82) is 0 Å². The molecule has 1 atom stereocenters. The van der Waals surface area contributed by atoms with E-state index in [0.29, 0.717) is 16.5 Å². The van der Waals surface area contributed by atoms with Crippen molar-refractivity contribution in [2.75, 3.05) is 11.1 Å². The molecule has 3 rings (SSSR count). The van der Waals surface area contributed by atoms with E-state index in [1.54, 1.807) is 16.7 Å². The van der Waals surface area contributed by atoms with Gasteiger partial charge in [-0.25, -0.2) is 0 Å². The number of carbonyl (C=O) groups is 2. The molecular weight excluding hydrogens is 490 g/mol. The summed E-state index contributed by atoms with van der Waals surface area (Å²) < 4.78 is 2.78. The van der Waals surface area contributed by atoms with Gasteiger partial charge in [-0.1, -0.05) is 45.4 Å². The number of aryl methyl sites for hydroxylation is 3. The van der Waals surface area contributed by atoms with Crippen molar-refractivity contribution in [2.45, 2.75) is 38.9 Å². The molecule has 9 heteroatoms. The molecule has 168 valence electrons. The first-order valence-corrected chi connectivity index (χ1v) is 11.9. The predicted octanol–water partition coefficient (Wildman–Crippen LogP) is 4.72. The Kier molecular flexibility index (Phi) is 7.73. The Morgan fingerprint density at radius 2 is 1.72 bits per heavy atom. The van der Waals surface area contributed by atoms with Crippen LogP contribution in [-0.4, -0.2) is 32.3 Å². The van der Waals surface area contributed by atoms with Crippen LogP contribution in [0.2, 0.25) is 0 Å². The Morgan fingerprint density at radius 1 is 1.09 bits per heavy atom. The number of hydrogen-bond donors (Lipinski definition) is 2. The summed E-state index contributed by atoms with van der Waals surface area (Å²) in [5, 5.41) is 14.9. The zero-order valence-electron chi connectivity index (χ0n) is 18.7. The molecule has 1 aromatic heterocycles. The molecule has 0 radical (unpaired) electrons. The minimum absolute atomic E-state index is 0.117. The molecule has 0 saturated heterocycles. The van der Waals surface area contributed by atoms with E-state index >= 15 is 0 Å². The molecule has 32 heavy (non-hydrogen) atoms. The monoisotopic (exact) mass is 515 g/mol. The van der Waals surface area contributed by atoms with Gasteiger partial charge in [0.1, 0.15) is 0 Å². The fraction of sp³-hybridized carbons (Fsp3) is 0.304. The van der Waals surface area contributed by atoms with Crippen molar-refractivity contribution in [1.82, 2.24) is 20.1 Å². The smallest absolute Gasteiger partial charge is 0.251 e. The minimum atomic E-state index is -0.336. The number of benzene rings is 2. The number of carbonyl (C=O) groups excluding carboxylic acids is 2. The van der Waals surface area contributed by atoms with Crippen LogP contribution in [0, 0.1) is 20.8 Å². The Labute approximate surface area is 200 Å². The first kappa shape index (κ1) is 24.0. The van der Waals surface area contributed by atoms with Crippen molar-refractivity contribution in [3.63, 3.8) is 0 Å². The van der Waals surface area contributed by atoms with E-state index < -0.39 is 0 Å². The van der Waals surface area contributed by atoms with E-state index in [2.05, 4.69) is 36.8 Å². The first-order valence-electron chi connectivity index (χ1n) is 10.1. The average molecular weight is 516 g/mol. The summed E-state index contributed by atoms with van der Waals surface area (Å²) in [5.41, 5.74) is 4.50. The molecule has 0 aliphatic carbocycles. The van der Waals surface area contributed by atoms with Gasteiger partial charge < -0.3 is 15.2 Å². The van der Waals surface area contributed by atoms with Crippen molar-refractivity contribution < 1.29 is 9.59 Å². The summed E-state index contributed by atoms with van der Waals surface area (Å²) >= 11 is 4.77. The summed E-state index contributed by atoms with van der Waals surface area (Å²) in [6.45, 7) is 7.75. The summed E-state index contributed by atoms with van der Waals surface area (Å²) in [6.07, 6.45) is 0. The highest BCUT2D eigenvalue weighted by atomic mass is 79.9. The number of amides is 2. The molecule has 2 N–H and O–H groups in total. The third-order valence-electron chi connectivity index (χ3n) is 5.01. The van der Waals surface area contributed by atoms with Crippen LogP contribution in [0.25, 0.3) is 0 Å². The molecule has 0 fully saturated rings. The Balaban J connectivity index is 1.60. The average Bonchev–Trinajstić information content (AvgIpc) is 3.10. The lowest BCUT2D eigenvalue weighted by Crippen LogP contribution is -2.28. The first-order chi connectivity index (χ1) is 15.2. The highest BCUT2D eigenvalue weighted by molar-refractivity contribution is 9.10. The molecule has 2 aromatic carbocycles. The normalized spacial score (nSPS) is 11.8. The maximum absolute atomic E-state index is 12.5. The molecule has 0 aliphatic rings. The van der Waals surface area contributed by atoms with E-state index in [0.717, 1.165) is 26.9 Å². The van der Waals surface area contributed by atoms with Gasteiger partial charge in [-0.2, -0.15) is 0 Å². The van der Waals surface area contributed by atoms with Crippen LogP contribution >= 0.6 is 27.7 Å². The summed E-state index contributed by atoms with van der Waals surface area (Å²) in [6, 6.07) is 11.0. The third-order valence-corrected chi connectivity index (χ3v) is 6.49. The maximum atomic E-state index is 12.5. The molecule has 0 saturated carbocycles. The molecule has 1 heterocycles. The number of halogens is 1. The van der Waals surface area contributed by atoms with E-state index in [4.69, 9.17) is 0 Å². The van der Waals surface area contributed by atoms with Crippen molar-refractivity contribution in [3.8, 4) is 0 Å². The van der Waals surface area contributed by atoms with Gasteiger partial charge >= 0.3 is 0 Å². The number of nitrogens with one attached hydrogen (secondary N) is 2. The van der Waals surface area contributed by atoms with Gasteiger partial charge in [-0.05, 0) is 63.1 Å². The van der Waals surface area contributed by atoms with Crippen LogP contribution in [-0.2, 0) is 11.8 Å². The van der Waals surface area contributed by atoms with Crippen LogP contribution in [0.5, 0.6) is 0 Å². The number of anilines is 1. The second kappa shape index (κ2) is 10.3. The van der Waals surface area contributed by atoms with E-state index in [9.17, 15) is 9.59 Å². The molecular formula is C23H26BrN5O2S. The Morgan fingerprint density at radius 3 is 2.34 bits per heavy atom. The zero-order valence-corrected chi connectivity index (χ0v) is 21.1. The molecule has 0 spiro atoms. The highest BCUT2D eigenvalue weighted by Crippen LogP contribution is 2.26. The lowest BCUT2D eigenvalue weighted by molar-refractivity contribution is -0.113. The maximum Gasteiger partial charge on any atom is 0.251 e. The standard InChI is InChI=1S/C23H26BrN5O2S/c1-13-6-8-17(9-7-13)22(31)25-16(4)21-27-28-23(29(21)5)32-12-19(30)26-20-14(2)10-18(24)11-15(20)3/h6-11,16H,12H2,1-5H3,(H,25,31)(H,26,30)/t16-/m1/s1. The summed E-state index contributed by atoms with van der Waals surface area (Å²) in [5.74, 6) is 0.529. The van der Waals surface area contributed by atoms with Crippen molar-refractivity contribution in [2.24, 2.45) is 7.05 Å². The zero-order chi connectivity index (χ0) is 23.4. The molecule has 7 nitrogen and oxygen atoms in total. The lowest BCUT2D eigenvalue weighted by atomic mass is 10.1. The quantitative estimate of drug-likeness (QED) is 0.444. The van der Waals surface area contributed by atoms with Gasteiger partial charge in [0, 0.05) is 22.8 Å². The van der Waals surface area contributed by atoms with Crippen molar-refractivity contribution in [3.05, 3.63) is 68.9 Å². The van der Waals surface area contributed by atoms with Gasteiger partial charge in [0.15, 0.2) is 11.0 Å². The largest absolute Gasteiger partial charge is 0.342 e. The summed E-state index contributed by atoms with van der Waals surface area (Å²) in [4.78, 5) is 25.0. The fourth-order valence-corrected chi connectivity index (χ4v) is 4.70. The van der Waals surface area contributed by atoms with Crippen LogP contribution in [0.15, 0.2) is 46.0 Å². The van der Waals surface area contributed by atoms with Crippen molar-refractivity contribution >= 4 is 45.2 Å². The molecule has 0 unspecified atom stereocenters. The number of rotatable bonds is 7. The SMILES string of the molecule is Cc1ccc(C(=O)N[C@H](C)c2nnc(SCC(=O)Nc3c(C)cc(Br)cc3C)n2C)cc1. The second-order valence-corrected chi connectivity index (χ2v) is 9.57. The predicted molar refractivity (Wildman–Crippen MR) is 131 cm³/mol. The third kappa shape index (κ3) is 5.77. The lowest BCUT2D eigenvalue weighted by Gasteiger charge is -2.14. The van der Waals surface area contributed by atoms with Gasteiger partial charge in [0.25, 0.3) is 5.91 Å². The van der Waals surface area contributed by atoms with Gasteiger partial charge in [0.05, 0.1) is 11.8 Å². The number of nitrogens with zero attached hydrogens (tertiary/aromatic N) is 3. The number of thioether (sulfide) groups is 1. The van der Waals surface area contributed by atoms with E-state index in [-0.39, 0.29) is 23.6 Å². The highest BCUT2D eigenvalue weighted by Gasteiger charge is 2.19. The molecule has 2 amide bonds.